The third kappa shape index (κ3) is 8.97. The van der Waals surface area contributed by atoms with Crippen LogP contribution in [0.1, 0.15) is 38.7 Å². The van der Waals surface area contributed by atoms with Crippen LogP contribution in [0.15, 0.2) is 46.9 Å². The molecule has 0 radical (unpaired) electrons. The molecule has 2 amide bonds. The number of anilines is 1. The third-order valence-corrected chi connectivity index (χ3v) is 7.52. The predicted molar refractivity (Wildman–Crippen MR) is 145 cm³/mol. The number of halogens is 3. The van der Waals surface area contributed by atoms with Crippen LogP contribution in [-0.4, -0.2) is 50.5 Å². The van der Waals surface area contributed by atoms with E-state index in [0.29, 0.717) is 11.6 Å². The van der Waals surface area contributed by atoms with Crippen LogP contribution in [0, 0.1) is 0 Å². The number of carbonyl (C=O) groups is 2. The highest BCUT2D eigenvalue weighted by molar-refractivity contribution is 9.10. The molecule has 0 saturated carbocycles. The molecule has 0 aliphatic carbocycles. The van der Waals surface area contributed by atoms with Gasteiger partial charge in [0.05, 0.1) is 17.0 Å². The van der Waals surface area contributed by atoms with Crippen molar-refractivity contribution >= 4 is 66.7 Å². The van der Waals surface area contributed by atoms with Gasteiger partial charge in [0.25, 0.3) is 0 Å². The van der Waals surface area contributed by atoms with Crippen LogP contribution in [0.3, 0.4) is 0 Å². The largest absolute Gasteiger partial charge is 0.354 e. The first-order chi connectivity index (χ1) is 16.4. The lowest BCUT2D eigenvalue weighted by Gasteiger charge is -2.29. The molecule has 2 aromatic rings. The summed E-state index contributed by atoms with van der Waals surface area (Å²) in [7, 11) is -3.67. The molecular weight excluding hydrogens is 577 g/mol. The molecule has 7 nitrogen and oxygen atoms in total. The van der Waals surface area contributed by atoms with Crippen molar-refractivity contribution in [2.75, 3.05) is 23.7 Å². The standard InChI is InChI=1S/C24H30BrCl2N3O4S/c1-4-12-28-24(32)17(2)29(16-18-7-5-8-19(25)14-18)23(31)9-6-13-30(35(3,33)34)22-15-20(26)10-11-21(22)27/h5,7-8,10-11,14-15,17H,4,6,9,12-13,16H2,1-3H3,(H,28,32)/t17-/m1/s1. The molecule has 0 aliphatic rings. The van der Waals surface area contributed by atoms with Gasteiger partial charge in [0, 0.05) is 35.6 Å². The van der Waals surface area contributed by atoms with E-state index in [1.807, 2.05) is 31.2 Å². The number of rotatable bonds is 12. The zero-order chi connectivity index (χ0) is 26.2. The maximum absolute atomic E-state index is 13.3. The average molecular weight is 607 g/mol. The van der Waals surface area contributed by atoms with E-state index in [1.54, 1.807) is 13.0 Å². The first kappa shape index (κ1) is 29.4. The lowest BCUT2D eigenvalue weighted by Crippen LogP contribution is -2.47. The molecular formula is C24H30BrCl2N3O4S. The van der Waals surface area contributed by atoms with Gasteiger partial charge >= 0.3 is 0 Å². The predicted octanol–water partition coefficient (Wildman–Crippen LogP) is 5.25. The maximum Gasteiger partial charge on any atom is 0.242 e. The second kappa shape index (κ2) is 13.5. The summed E-state index contributed by atoms with van der Waals surface area (Å²) in [6.07, 6.45) is 2.13. The molecule has 0 aromatic heterocycles. The maximum atomic E-state index is 13.3. The zero-order valence-corrected chi connectivity index (χ0v) is 23.8. The molecule has 0 saturated heterocycles. The molecule has 1 atom stereocenters. The first-order valence-corrected chi connectivity index (χ1v) is 14.6. The fourth-order valence-electron chi connectivity index (χ4n) is 3.47. The Hall–Kier alpha value is -1.81. The number of carbonyl (C=O) groups excluding carboxylic acids is 2. The quantitative estimate of drug-likeness (QED) is 0.358. The number of nitrogens with one attached hydrogen (secondary N) is 1. The second-order valence-corrected chi connectivity index (χ2v) is 11.8. The Balaban J connectivity index is 2.19. The van der Waals surface area contributed by atoms with E-state index in [2.05, 4.69) is 21.2 Å². The molecule has 0 fully saturated rings. The lowest BCUT2D eigenvalue weighted by molar-refractivity contribution is -0.140. The Labute approximate surface area is 225 Å². The lowest BCUT2D eigenvalue weighted by atomic mass is 10.1. The Kier molecular flexibility index (Phi) is 11.3. The minimum Gasteiger partial charge on any atom is -0.354 e. The summed E-state index contributed by atoms with van der Waals surface area (Å²) in [5.41, 5.74) is 1.12. The van der Waals surface area contributed by atoms with E-state index in [0.717, 1.165) is 27.0 Å². The zero-order valence-electron chi connectivity index (χ0n) is 19.9. The highest BCUT2D eigenvalue weighted by atomic mass is 79.9. The van der Waals surface area contributed by atoms with Gasteiger partial charge in [-0.2, -0.15) is 0 Å². The van der Waals surface area contributed by atoms with Crippen LogP contribution in [0.25, 0.3) is 0 Å². The average Bonchev–Trinajstić information content (AvgIpc) is 2.79. The topological polar surface area (TPSA) is 86.8 Å². The summed E-state index contributed by atoms with van der Waals surface area (Å²) >= 11 is 15.7. The van der Waals surface area contributed by atoms with Crippen molar-refractivity contribution in [3.63, 3.8) is 0 Å². The summed E-state index contributed by atoms with van der Waals surface area (Å²) < 4.78 is 26.9. The van der Waals surface area contributed by atoms with Crippen molar-refractivity contribution in [3.8, 4) is 0 Å². The number of hydrogen-bond acceptors (Lipinski definition) is 4. The van der Waals surface area contributed by atoms with Crippen molar-refractivity contribution in [2.24, 2.45) is 0 Å². The number of nitrogens with zero attached hydrogens (tertiary/aromatic N) is 2. The van der Waals surface area contributed by atoms with E-state index in [9.17, 15) is 18.0 Å². The van der Waals surface area contributed by atoms with Crippen LogP contribution in [0.2, 0.25) is 10.0 Å². The highest BCUT2D eigenvalue weighted by Gasteiger charge is 2.27. The van der Waals surface area contributed by atoms with E-state index in [-0.39, 0.29) is 48.5 Å². The molecule has 192 valence electrons. The molecule has 0 aliphatic heterocycles. The first-order valence-electron chi connectivity index (χ1n) is 11.2. The van der Waals surface area contributed by atoms with Crippen molar-refractivity contribution in [1.82, 2.24) is 10.2 Å². The van der Waals surface area contributed by atoms with Crippen LogP contribution in [0.5, 0.6) is 0 Å². The minimum absolute atomic E-state index is 0.0335. The van der Waals surface area contributed by atoms with E-state index >= 15 is 0 Å². The molecule has 2 rings (SSSR count). The van der Waals surface area contributed by atoms with Gasteiger partial charge < -0.3 is 10.2 Å². The van der Waals surface area contributed by atoms with Gasteiger partial charge in [-0.1, -0.05) is 58.2 Å². The van der Waals surface area contributed by atoms with Gasteiger partial charge in [-0.15, -0.1) is 0 Å². The highest BCUT2D eigenvalue weighted by Crippen LogP contribution is 2.31. The number of hydrogen-bond donors (Lipinski definition) is 1. The molecule has 0 spiro atoms. The second-order valence-electron chi connectivity index (χ2n) is 8.15. The van der Waals surface area contributed by atoms with Gasteiger partial charge in [-0.3, -0.25) is 13.9 Å². The molecule has 2 aromatic carbocycles. The van der Waals surface area contributed by atoms with Gasteiger partial charge in [0.15, 0.2) is 0 Å². The molecule has 11 heteroatoms. The molecule has 35 heavy (non-hydrogen) atoms. The minimum atomic E-state index is -3.67. The number of sulfonamides is 1. The third-order valence-electron chi connectivity index (χ3n) is 5.29. The fraction of sp³-hybridized carbons (Fsp3) is 0.417. The van der Waals surface area contributed by atoms with Crippen LogP contribution < -0.4 is 9.62 Å². The van der Waals surface area contributed by atoms with Crippen molar-refractivity contribution in [3.05, 3.63) is 62.5 Å². The SMILES string of the molecule is CCCNC(=O)[C@@H](C)N(Cc1cccc(Br)c1)C(=O)CCCN(c1cc(Cl)ccc1Cl)S(C)(=O)=O. The monoisotopic (exact) mass is 605 g/mol. The Morgan fingerprint density at radius 3 is 2.49 bits per heavy atom. The Bertz CT molecular complexity index is 1150. The molecule has 0 heterocycles. The number of amides is 2. The van der Waals surface area contributed by atoms with Gasteiger partial charge in [-0.25, -0.2) is 8.42 Å². The van der Waals surface area contributed by atoms with Gasteiger partial charge in [0.2, 0.25) is 21.8 Å². The van der Waals surface area contributed by atoms with Gasteiger partial charge in [-0.05, 0) is 55.7 Å². The summed E-state index contributed by atoms with van der Waals surface area (Å²) in [6.45, 7) is 4.44. The van der Waals surface area contributed by atoms with E-state index in [1.165, 1.54) is 17.0 Å². The molecule has 1 N–H and O–H groups in total. The smallest absolute Gasteiger partial charge is 0.242 e. The van der Waals surface area contributed by atoms with Crippen LogP contribution >= 0.6 is 39.1 Å². The van der Waals surface area contributed by atoms with E-state index < -0.39 is 16.1 Å². The number of benzene rings is 2. The Morgan fingerprint density at radius 1 is 1.14 bits per heavy atom. The van der Waals surface area contributed by atoms with Crippen LogP contribution in [-0.2, 0) is 26.2 Å². The summed E-state index contributed by atoms with van der Waals surface area (Å²) in [4.78, 5) is 27.4. The van der Waals surface area contributed by atoms with E-state index in [4.69, 9.17) is 23.2 Å². The molecule has 0 bridgehead atoms. The van der Waals surface area contributed by atoms with Gasteiger partial charge in [0.1, 0.15) is 6.04 Å². The summed E-state index contributed by atoms with van der Waals surface area (Å²) in [5, 5.41) is 3.42. The van der Waals surface area contributed by atoms with Crippen molar-refractivity contribution in [2.45, 2.75) is 45.7 Å². The summed E-state index contributed by atoms with van der Waals surface area (Å²) in [5.74, 6) is -0.492. The van der Waals surface area contributed by atoms with Crippen molar-refractivity contribution in [1.29, 1.82) is 0 Å². The normalized spacial score (nSPS) is 12.2. The Morgan fingerprint density at radius 2 is 1.86 bits per heavy atom. The van der Waals surface area contributed by atoms with Crippen LogP contribution in [0.4, 0.5) is 5.69 Å². The van der Waals surface area contributed by atoms with Crippen molar-refractivity contribution < 1.29 is 18.0 Å². The summed E-state index contributed by atoms with van der Waals surface area (Å²) in [6, 6.07) is 11.4. The fourth-order valence-corrected chi connectivity index (χ4v) is 5.32. The molecule has 0 unspecified atom stereocenters.